The number of carbonyl (C=O) groups excluding carboxylic acids is 2. The van der Waals surface area contributed by atoms with Gasteiger partial charge in [-0.05, 0) is 38.8 Å². The topological polar surface area (TPSA) is 111 Å². The number of benzene rings is 1. The Kier molecular flexibility index (Phi) is 6.51. The number of esters is 1. The molecule has 0 aliphatic heterocycles. The number of nitrogens with zero attached hydrogens (tertiary/aromatic N) is 1. The standard InChI is InChI=1S/C18H21N3O5S/c1-5-26-18(23)16-11(3)12(4)27-17(16)20-15(22)9-19-14-8-13(21(24)25)7-6-10(14)2/h6-8,19H,5,9H2,1-4H3,(H,20,22). The first-order valence-corrected chi connectivity index (χ1v) is 9.12. The number of thiophene rings is 1. The summed E-state index contributed by atoms with van der Waals surface area (Å²) in [6, 6.07) is 4.40. The van der Waals surface area contributed by atoms with Gasteiger partial charge in [-0.3, -0.25) is 14.9 Å². The predicted molar refractivity (Wildman–Crippen MR) is 105 cm³/mol. The van der Waals surface area contributed by atoms with Gasteiger partial charge in [0, 0.05) is 22.7 Å². The zero-order valence-corrected chi connectivity index (χ0v) is 16.4. The minimum atomic E-state index is -0.493. The number of aryl methyl sites for hydroxylation is 2. The summed E-state index contributed by atoms with van der Waals surface area (Å²) in [6.45, 7) is 7.32. The Bertz CT molecular complexity index is 891. The van der Waals surface area contributed by atoms with Crippen molar-refractivity contribution >= 4 is 39.6 Å². The number of rotatable bonds is 7. The van der Waals surface area contributed by atoms with Gasteiger partial charge >= 0.3 is 5.97 Å². The van der Waals surface area contributed by atoms with Gasteiger partial charge in [-0.15, -0.1) is 11.3 Å². The van der Waals surface area contributed by atoms with Crippen LogP contribution >= 0.6 is 11.3 Å². The quantitative estimate of drug-likeness (QED) is 0.422. The molecule has 0 aliphatic carbocycles. The summed E-state index contributed by atoms with van der Waals surface area (Å²) in [6.07, 6.45) is 0. The maximum absolute atomic E-state index is 12.3. The normalized spacial score (nSPS) is 10.4. The lowest BCUT2D eigenvalue weighted by molar-refractivity contribution is -0.384. The molecule has 0 unspecified atom stereocenters. The van der Waals surface area contributed by atoms with Crippen molar-refractivity contribution in [1.82, 2.24) is 0 Å². The number of ether oxygens (including phenoxy) is 1. The van der Waals surface area contributed by atoms with Gasteiger partial charge in [0.25, 0.3) is 5.69 Å². The van der Waals surface area contributed by atoms with Crippen LogP contribution < -0.4 is 10.6 Å². The molecule has 1 heterocycles. The molecule has 8 nitrogen and oxygen atoms in total. The number of hydrogen-bond donors (Lipinski definition) is 2. The Labute approximate surface area is 160 Å². The molecule has 0 bridgehead atoms. The molecule has 144 valence electrons. The van der Waals surface area contributed by atoms with E-state index >= 15 is 0 Å². The Balaban J connectivity index is 2.11. The van der Waals surface area contributed by atoms with E-state index < -0.39 is 10.9 Å². The number of amides is 1. The maximum atomic E-state index is 12.3. The third-order valence-electron chi connectivity index (χ3n) is 3.99. The fourth-order valence-corrected chi connectivity index (χ4v) is 3.49. The number of non-ortho nitro benzene ring substituents is 1. The summed E-state index contributed by atoms with van der Waals surface area (Å²) in [5.41, 5.74) is 2.36. The Morgan fingerprint density at radius 3 is 2.59 bits per heavy atom. The van der Waals surface area contributed by atoms with Crippen LogP contribution in [0.4, 0.5) is 16.4 Å². The number of anilines is 2. The molecule has 27 heavy (non-hydrogen) atoms. The molecule has 0 aliphatic rings. The monoisotopic (exact) mass is 391 g/mol. The summed E-state index contributed by atoms with van der Waals surface area (Å²) in [7, 11) is 0. The number of nitrogens with one attached hydrogen (secondary N) is 2. The minimum absolute atomic E-state index is 0.0578. The number of nitro groups is 1. The van der Waals surface area contributed by atoms with Gasteiger partial charge in [0.2, 0.25) is 5.91 Å². The summed E-state index contributed by atoms with van der Waals surface area (Å²) >= 11 is 1.30. The molecule has 0 fully saturated rings. The van der Waals surface area contributed by atoms with E-state index in [2.05, 4.69) is 10.6 Å². The van der Waals surface area contributed by atoms with Crippen molar-refractivity contribution in [3.05, 3.63) is 49.9 Å². The lowest BCUT2D eigenvalue weighted by atomic mass is 10.1. The molecule has 2 aromatic rings. The highest BCUT2D eigenvalue weighted by Gasteiger charge is 2.22. The zero-order chi connectivity index (χ0) is 20.1. The van der Waals surface area contributed by atoms with Gasteiger partial charge in [-0.1, -0.05) is 6.07 Å². The average molecular weight is 391 g/mol. The van der Waals surface area contributed by atoms with Crippen molar-refractivity contribution in [1.29, 1.82) is 0 Å². The van der Waals surface area contributed by atoms with Crippen molar-refractivity contribution in [2.45, 2.75) is 27.7 Å². The molecule has 0 atom stereocenters. The van der Waals surface area contributed by atoms with Crippen molar-refractivity contribution < 1.29 is 19.2 Å². The highest BCUT2D eigenvalue weighted by Crippen LogP contribution is 2.33. The molecule has 0 radical (unpaired) electrons. The van der Waals surface area contributed by atoms with E-state index in [0.717, 1.165) is 16.0 Å². The van der Waals surface area contributed by atoms with Gasteiger partial charge < -0.3 is 15.4 Å². The van der Waals surface area contributed by atoms with E-state index in [-0.39, 0.29) is 24.7 Å². The smallest absolute Gasteiger partial charge is 0.341 e. The van der Waals surface area contributed by atoms with Gasteiger partial charge in [0.1, 0.15) is 5.00 Å². The SMILES string of the molecule is CCOC(=O)c1c(NC(=O)CNc2cc([N+](=O)[O-])ccc2C)sc(C)c1C. The van der Waals surface area contributed by atoms with Crippen molar-refractivity contribution in [2.24, 2.45) is 0 Å². The summed E-state index contributed by atoms with van der Waals surface area (Å²) in [5, 5.41) is 16.9. The second-order valence-electron chi connectivity index (χ2n) is 5.87. The molecule has 1 aromatic heterocycles. The molecule has 0 saturated carbocycles. The molecular formula is C18H21N3O5S. The highest BCUT2D eigenvalue weighted by molar-refractivity contribution is 7.16. The lowest BCUT2D eigenvalue weighted by Crippen LogP contribution is -2.23. The zero-order valence-electron chi connectivity index (χ0n) is 15.5. The van der Waals surface area contributed by atoms with Crippen molar-refractivity contribution in [3.8, 4) is 0 Å². The predicted octanol–water partition coefficient (Wildman–Crippen LogP) is 3.81. The number of hydrogen-bond acceptors (Lipinski definition) is 7. The number of carbonyl (C=O) groups is 2. The van der Waals surface area contributed by atoms with E-state index in [4.69, 9.17) is 4.74 Å². The van der Waals surface area contributed by atoms with Crippen molar-refractivity contribution in [2.75, 3.05) is 23.8 Å². The van der Waals surface area contributed by atoms with E-state index in [1.54, 1.807) is 26.8 Å². The third kappa shape index (κ3) is 4.82. The highest BCUT2D eigenvalue weighted by atomic mass is 32.1. The summed E-state index contributed by atoms with van der Waals surface area (Å²) < 4.78 is 5.06. The second-order valence-corrected chi connectivity index (χ2v) is 7.09. The van der Waals surface area contributed by atoms with E-state index in [9.17, 15) is 19.7 Å². The second kappa shape index (κ2) is 8.63. The molecule has 0 saturated heterocycles. The molecule has 1 amide bonds. The largest absolute Gasteiger partial charge is 0.462 e. The van der Waals surface area contributed by atoms with E-state index in [0.29, 0.717) is 16.3 Å². The first-order chi connectivity index (χ1) is 12.7. The molecular weight excluding hydrogens is 370 g/mol. The van der Waals surface area contributed by atoms with Gasteiger partial charge in [0.05, 0.1) is 23.6 Å². The van der Waals surface area contributed by atoms with E-state index in [1.807, 2.05) is 6.92 Å². The van der Waals surface area contributed by atoms with Crippen LogP contribution in [0.15, 0.2) is 18.2 Å². The van der Waals surface area contributed by atoms with Crippen LogP contribution in [-0.4, -0.2) is 30.0 Å². The molecule has 2 N–H and O–H groups in total. The third-order valence-corrected chi connectivity index (χ3v) is 5.11. The Morgan fingerprint density at radius 1 is 1.26 bits per heavy atom. The van der Waals surface area contributed by atoms with E-state index in [1.165, 1.54) is 23.5 Å². The molecule has 0 spiro atoms. The minimum Gasteiger partial charge on any atom is -0.462 e. The van der Waals surface area contributed by atoms with Crippen LogP contribution in [0, 0.1) is 30.9 Å². The fraction of sp³-hybridized carbons (Fsp3) is 0.333. The van der Waals surface area contributed by atoms with Crippen LogP contribution in [0.3, 0.4) is 0 Å². The van der Waals surface area contributed by atoms with Crippen LogP contribution in [0.1, 0.15) is 33.3 Å². The average Bonchev–Trinajstić information content (AvgIpc) is 2.88. The molecule has 1 aromatic carbocycles. The van der Waals surface area contributed by atoms with Crippen molar-refractivity contribution in [3.63, 3.8) is 0 Å². The van der Waals surface area contributed by atoms with Crippen LogP contribution in [0.5, 0.6) is 0 Å². The fourth-order valence-electron chi connectivity index (χ4n) is 2.42. The maximum Gasteiger partial charge on any atom is 0.341 e. The summed E-state index contributed by atoms with van der Waals surface area (Å²) in [5.74, 6) is -0.843. The van der Waals surface area contributed by atoms with Gasteiger partial charge in [0.15, 0.2) is 0 Å². The van der Waals surface area contributed by atoms with Gasteiger partial charge in [-0.2, -0.15) is 0 Å². The lowest BCUT2D eigenvalue weighted by Gasteiger charge is -2.10. The molecule has 2 rings (SSSR count). The first kappa shape index (κ1) is 20.4. The van der Waals surface area contributed by atoms with Gasteiger partial charge in [-0.25, -0.2) is 4.79 Å². The van der Waals surface area contributed by atoms with Crippen LogP contribution in [0.25, 0.3) is 0 Å². The van der Waals surface area contributed by atoms with Crippen LogP contribution in [-0.2, 0) is 9.53 Å². The Hall–Kier alpha value is -2.94. The van der Waals surface area contributed by atoms with Crippen LogP contribution in [0.2, 0.25) is 0 Å². The Morgan fingerprint density at radius 2 is 1.96 bits per heavy atom. The number of nitro benzene ring substituents is 1. The molecule has 9 heteroatoms. The first-order valence-electron chi connectivity index (χ1n) is 8.30. The summed E-state index contributed by atoms with van der Waals surface area (Å²) in [4.78, 5) is 35.8.